The number of carbonyl (C=O) groups excluding carboxylic acids is 2. The van der Waals surface area contributed by atoms with Crippen molar-refractivity contribution < 1.29 is 19.4 Å². The van der Waals surface area contributed by atoms with Crippen LogP contribution in [-0.2, 0) is 9.59 Å². The molecule has 0 aromatic heterocycles. The lowest BCUT2D eigenvalue weighted by Gasteiger charge is -2.31. The third-order valence-corrected chi connectivity index (χ3v) is 7.25. The lowest BCUT2D eigenvalue weighted by atomic mass is 9.78. The van der Waals surface area contributed by atoms with E-state index in [0.29, 0.717) is 12.8 Å². The standard InChI is InChI=1S/2C15H18N2O3/c2*1-10-8-13(12-6-4-3-5-7-12)15(17(19)20)14(9-10)16-11(2)18/h2*3-7,9,13-15H,8H2,1-2H3,(H,16,18)/t2*13-,14+,15-/m10/s1. The molecule has 2 N–H and O–H groups in total. The average Bonchev–Trinajstić information content (AvgIpc) is 2.88. The van der Waals surface area contributed by atoms with Crippen molar-refractivity contribution in [1.82, 2.24) is 10.6 Å². The van der Waals surface area contributed by atoms with Crippen molar-refractivity contribution in [3.8, 4) is 0 Å². The molecule has 2 aromatic carbocycles. The molecule has 2 aliphatic carbocycles. The Balaban J connectivity index is 0.000000220. The molecule has 40 heavy (non-hydrogen) atoms. The van der Waals surface area contributed by atoms with E-state index in [4.69, 9.17) is 0 Å². The van der Waals surface area contributed by atoms with Crippen molar-refractivity contribution in [3.05, 3.63) is 115 Å². The molecule has 0 saturated carbocycles. The first-order valence-corrected chi connectivity index (χ1v) is 13.2. The van der Waals surface area contributed by atoms with Gasteiger partial charge >= 0.3 is 0 Å². The van der Waals surface area contributed by atoms with Gasteiger partial charge in [0.2, 0.25) is 23.9 Å². The van der Waals surface area contributed by atoms with Crippen LogP contribution in [0.5, 0.6) is 0 Å². The van der Waals surface area contributed by atoms with E-state index in [1.165, 1.54) is 13.8 Å². The van der Waals surface area contributed by atoms with Crippen LogP contribution in [-0.4, -0.2) is 45.8 Å². The van der Waals surface area contributed by atoms with Gasteiger partial charge in [-0.15, -0.1) is 0 Å². The highest BCUT2D eigenvalue weighted by molar-refractivity contribution is 5.74. The molecule has 4 rings (SSSR count). The summed E-state index contributed by atoms with van der Waals surface area (Å²) in [6, 6.07) is 16.2. The molecule has 0 aliphatic heterocycles. The van der Waals surface area contributed by atoms with Crippen LogP contribution in [0.25, 0.3) is 0 Å². The van der Waals surface area contributed by atoms with Gasteiger partial charge in [-0.25, -0.2) is 0 Å². The zero-order valence-electron chi connectivity index (χ0n) is 23.2. The predicted octanol–water partition coefficient (Wildman–Crippen LogP) is 4.54. The molecule has 0 spiro atoms. The average molecular weight is 549 g/mol. The number of hydrogen-bond acceptors (Lipinski definition) is 6. The molecule has 0 unspecified atom stereocenters. The number of allylic oxidation sites excluding steroid dienone is 2. The molecule has 10 heteroatoms. The van der Waals surface area contributed by atoms with E-state index in [0.717, 1.165) is 22.3 Å². The number of nitrogens with zero attached hydrogens (tertiary/aromatic N) is 2. The van der Waals surface area contributed by atoms with E-state index < -0.39 is 24.2 Å². The van der Waals surface area contributed by atoms with Crippen molar-refractivity contribution in [1.29, 1.82) is 0 Å². The van der Waals surface area contributed by atoms with E-state index in [2.05, 4.69) is 10.6 Å². The monoisotopic (exact) mass is 548 g/mol. The van der Waals surface area contributed by atoms with Crippen LogP contribution in [0.1, 0.15) is 63.5 Å². The minimum Gasteiger partial charge on any atom is -0.343 e. The molecule has 0 bridgehead atoms. The Bertz CT molecular complexity index is 1180. The highest BCUT2D eigenvalue weighted by atomic mass is 16.6. The van der Waals surface area contributed by atoms with Gasteiger partial charge in [-0.1, -0.05) is 84.0 Å². The molecule has 212 valence electrons. The second-order valence-corrected chi connectivity index (χ2v) is 10.5. The summed E-state index contributed by atoms with van der Waals surface area (Å²) in [6.45, 7) is 6.65. The molecule has 2 aliphatic rings. The lowest BCUT2D eigenvalue weighted by Crippen LogP contribution is -2.50. The van der Waals surface area contributed by atoms with Crippen molar-refractivity contribution in [3.63, 3.8) is 0 Å². The minimum atomic E-state index is -0.829. The fourth-order valence-corrected chi connectivity index (χ4v) is 5.69. The molecule has 6 atom stereocenters. The maximum absolute atomic E-state index is 11.5. The summed E-state index contributed by atoms with van der Waals surface area (Å²) in [6.07, 6.45) is 4.89. The van der Waals surface area contributed by atoms with Gasteiger partial charge in [0.15, 0.2) is 0 Å². The second-order valence-electron chi connectivity index (χ2n) is 10.5. The smallest absolute Gasteiger partial charge is 0.243 e. The summed E-state index contributed by atoms with van der Waals surface area (Å²) in [7, 11) is 0. The molecule has 2 amide bonds. The highest BCUT2D eigenvalue weighted by Gasteiger charge is 2.43. The Morgan fingerprint density at radius 1 is 0.675 bits per heavy atom. The summed E-state index contributed by atoms with van der Waals surface area (Å²) in [4.78, 5) is 44.9. The summed E-state index contributed by atoms with van der Waals surface area (Å²) in [5.74, 6) is -0.930. The number of amides is 2. The quantitative estimate of drug-likeness (QED) is 0.308. The predicted molar refractivity (Wildman–Crippen MR) is 152 cm³/mol. The number of benzene rings is 2. The van der Waals surface area contributed by atoms with Gasteiger partial charge in [0.1, 0.15) is 12.1 Å². The van der Waals surface area contributed by atoms with Crippen LogP contribution in [0, 0.1) is 20.2 Å². The lowest BCUT2D eigenvalue weighted by molar-refractivity contribution is -0.529. The number of hydrogen-bond donors (Lipinski definition) is 2. The summed E-state index contributed by atoms with van der Waals surface area (Å²) < 4.78 is 0. The van der Waals surface area contributed by atoms with Crippen LogP contribution >= 0.6 is 0 Å². The largest absolute Gasteiger partial charge is 0.343 e. The Kier molecular flexibility index (Phi) is 10.3. The Morgan fingerprint density at radius 3 is 1.27 bits per heavy atom. The van der Waals surface area contributed by atoms with E-state index >= 15 is 0 Å². The van der Waals surface area contributed by atoms with Crippen LogP contribution in [0.2, 0.25) is 0 Å². The van der Waals surface area contributed by atoms with Gasteiger partial charge < -0.3 is 10.6 Å². The van der Waals surface area contributed by atoms with E-state index in [1.807, 2.05) is 74.5 Å². The van der Waals surface area contributed by atoms with E-state index in [1.54, 1.807) is 12.2 Å². The van der Waals surface area contributed by atoms with E-state index in [-0.39, 0.29) is 33.5 Å². The van der Waals surface area contributed by atoms with Crippen LogP contribution in [0.15, 0.2) is 84.0 Å². The van der Waals surface area contributed by atoms with Gasteiger partial charge in [-0.2, -0.15) is 0 Å². The number of nitro groups is 2. The molecule has 0 saturated heterocycles. The molecule has 0 radical (unpaired) electrons. The second kappa shape index (κ2) is 13.6. The van der Waals surface area contributed by atoms with Gasteiger partial charge in [0.05, 0.1) is 11.8 Å². The summed E-state index contributed by atoms with van der Waals surface area (Å²) in [5, 5.41) is 28.3. The molecule has 0 heterocycles. The summed E-state index contributed by atoms with van der Waals surface area (Å²) >= 11 is 0. The zero-order chi connectivity index (χ0) is 29.4. The first-order chi connectivity index (χ1) is 19.0. The van der Waals surface area contributed by atoms with Crippen molar-refractivity contribution >= 4 is 11.8 Å². The number of rotatable bonds is 6. The van der Waals surface area contributed by atoms with Gasteiger partial charge in [-0.3, -0.25) is 29.8 Å². The zero-order valence-corrected chi connectivity index (χ0v) is 23.2. The molecule has 2 aromatic rings. The van der Waals surface area contributed by atoms with Crippen molar-refractivity contribution in [2.75, 3.05) is 0 Å². The summed E-state index contributed by atoms with van der Waals surface area (Å²) in [5.41, 5.74) is 4.01. The van der Waals surface area contributed by atoms with Crippen LogP contribution in [0.4, 0.5) is 0 Å². The fourth-order valence-electron chi connectivity index (χ4n) is 5.69. The maximum atomic E-state index is 11.5. The third-order valence-electron chi connectivity index (χ3n) is 7.25. The number of carbonyl (C=O) groups is 2. The SMILES string of the molecule is CC(=O)N[C@@H]1C=C(C)C[C@@H](c2ccccc2)[C@@H]1[N+](=O)[O-].CC(=O)N[C@H]1C=C(C)C[C@H](c2ccccc2)[C@H]1[N+](=O)[O-]. The van der Waals surface area contributed by atoms with Crippen molar-refractivity contribution in [2.24, 2.45) is 0 Å². The third kappa shape index (κ3) is 7.84. The minimum absolute atomic E-state index is 0.215. The van der Waals surface area contributed by atoms with Crippen LogP contribution in [0.3, 0.4) is 0 Å². The van der Waals surface area contributed by atoms with Gasteiger partial charge in [0.25, 0.3) is 0 Å². The van der Waals surface area contributed by atoms with Crippen LogP contribution < -0.4 is 10.6 Å². The van der Waals surface area contributed by atoms with E-state index in [9.17, 15) is 29.8 Å². The Morgan fingerprint density at radius 2 is 1.00 bits per heavy atom. The van der Waals surface area contributed by atoms with Gasteiger partial charge in [-0.05, 0) is 37.8 Å². The molecule has 0 fully saturated rings. The van der Waals surface area contributed by atoms with Gasteiger partial charge in [0, 0.05) is 23.7 Å². The number of nitrogens with one attached hydrogen (secondary N) is 2. The normalized spacial score (nSPS) is 25.7. The van der Waals surface area contributed by atoms with Crippen molar-refractivity contribution in [2.45, 2.75) is 76.5 Å². The maximum Gasteiger partial charge on any atom is 0.243 e. The molecule has 10 nitrogen and oxygen atoms in total. The molecular weight excluding hydrogens is 512 g/mol. The first kappa shape index (κ1) is 30.2. The Labute approximate surface area is 233 Å². The topological polar surface area (TPSA) is 144 Å². The highest BCUT2D eigenvalue weighted by Crippen LogP contribution is 2.36. The molecular formula is C30H36N4O6. The fraction of sp³-hybridized carbons (Fsp3) is 0.400. The Hall–Kier alpha value is -4.34. The first-order valence-electron chi connectivity index (χ1n) is 13.2.